The van der Waals surface area contributed by atoms with Crippen LogP contribution in [0.15, 0.2) is 42.5 Å². The first-order chi connectivity index (χ1) is 14.1. The number of ether oxygens (including phenoxy) is 2. The number of hydrogen-bond donors (Lipinski definition) is 1. The predicted octanol–water partition coefficient (Wildman–Crippen LogP) is 3.31. The van der Waals surface area contributed by atoms with E-state index < -0.39 is 0 Å². The Hall–Kier alpha value is -2.96. The van der Waals surface area contributed by atoms with E-state index in [2.05, 4.69) is 5.32 Å². The number of urea groups is 1. The zero-order valence-electron chi connectivity index (χ0n) is 17.0. The predicted molar refractivity (Wildman–Crippen MR) is 111 cm³/mol. The number of carbonyl (C=O) groups is 1. The van der Waals surface area contributed by atoms with Crippen LogP contribution in [0.25, 0.3) is 0 Å². The van der Waals surface area contributed by atoms with Crippen LogP contribution in [0.4, 0.5) is 14.9 Å². The Morgan fingerprint density at radius 3 is 2.55 bits per heavy atom. The highest BCUT2D eigenvalue weighted by molar-refractivity contribution is 5.74. The molecule has 2 amide bonds. The molecule has 6 nitrogen and oxygen atoms in total. The zero-order chi connectivity index (χ0) is 20.6. The Bertz CT molecular complexity index is 823. The van der Waals surface area contributed by atoms with Crippen molar-refractivity contribution in [3.05, 3.63) is 53.8 Å². The highest BCUT2D eigenvalue weighted by Crippen LogP contribution is 2.28. The normalized spacial score (nSPS) is 13.9. The van der Waals surface area contributed by atoms with Crippen LogP contribution in [0.3, 0.4) is 0 Å². The van der Waals surface area contributed by atoms with Crippen LogP contribution in [0.5, 0.6) is 11.5 Å². The molecule has 1 heterocycles. The molecule has 2 aromatic rings. The molecule has 0 aliphatic carbocycles. The van der Waals surface area contributed by atoms with Crippen LogP contribution >= 0.6 is 0 Å². The first-order valence-corrected chi connectivity index (χ1v) is 9.94. The van der Waals surface area contributed by atoms with Crippen molar-refractivity contribution < 1.29 is 18.7 Å². The number of nitrogens with zero attached hydrogens (tertiary/aromatic N) is 2. The molecule has 0 aromatic heterocycles. The van der Waals surface area contributed by atoms with Crippen LogP contribution in [0.1, 0.15) is 12.5 Å². The number of rotatable bonds is 7. The smallest absolute Gasteiger partial charge is 0.317 e. The van der Waals surface area contributed by atoms with E-state index in [1.165, 1.54) is 6.07 Å². The van der Waals surface area contributed by atoms with Gasteiger partial charge in [-0.1, -0.05) is 18.2 Å². The van der Waals surface area contributed by atoms with E-state index in [1.807, 2.05) is 36.1 Å². The lowest BCUT2D eigenvalue weighted by atomic mass is 10.1. The lowest BCUT2D eigenvalue weighted by Gasteiger charge is -2.36. The largest absolute Gasteiger partial charge is 0.493 e. The number of carbonyl (C=O) groups excluding carboxylic acids is 1. The Kier molecular flexibility index (Phi) is 7.16. The average molecular weight is 401 g/mol. The third-order valence-corrected chi connectivity index (χ3v) is 4.98. The molecule has 1 aliphatic heterocycles. The summed E-state index contributed by atoms with van der Waals surface area (Å²) >= 11 is 0. The molecule has 3 rings (SSSR count). The zero-order valence-corrected chi connectivity index (χ0v) is 17.0. The molecule has 1 saturated heterocycles. The van der Waals surface area contributed by atoms with E-state index in [9.17, 15) is 9.18 Å². The highest BCUT2D eigenvalue weighted by atomic mass is 19.1. The van der Waals surface area contributed by atoms with Crippen molar-refractivity contribution in [2.45, 2.75) is 13.3 Å². The SMILES string of the molecule is CCOc1ccc(CCNC(=O)N2CCN(c3ccccc3F)CC2)cc1OC. The second-order valence-electron chi connectivity index (χ2n) is 6.83. The average Bonchev–Trinajstić information content (AvgIpc) is 2.75. The molecule has 0 bridgehead atoms. The van der Waals surface area contributed by atoms with Gasteiger partial charge in [0.05, 0.1) is 19.4 Å². The van der Waals surface area contributed by atoms with Gasteiger partial charge in [-0.2, -0.15) is 0 Å². The second kappa shape index (κ2) is 10.0. The van der Waals surface area contributed by atoms with Gasteiger partial charge >= 0.3 is 6.03 Å². The van der Waals surface area contributed by atoms with Crippen LogP contribution in [0, 0.1) is 5.82 Å². The molecule has 0 spiro atoms. The standard InChI is InChI=1S/C22H28FN3O3/c1-3-29-20-9-8-17(16-21(20)28-2)10-11-24-22(27)26-14-12-25(13-15-26)19-7-5-4-6-18(19)23/h4-9,16H,3,10-15H2,1-2H3,(H,24,27). The van der Waals surface area contributed by atoms with Crippen molar-refractivity contribution in [2.24, 2.45) is 0 Å². The number of halogens is 1. The minimum absolute atomic E-state index is 0.0870. The van der Waals surface area contributed by atoms with Gasteiger partial charge in [-0.3, -0.25) is 0 Å². The number of hydrogen-bond acceptors (Lipinski definition) is 4. The van der Waals surface area contributed by atoms with Gasteiger partial charge in [0.15, 0.2) is 11.5 Å². The summed E-state index contributed by atoms with van der Waals surface area (Å²) in [6, 6.07) is 12.5. The van der Waals surface area contributed by atoms with Gasteiger partial charge in [0.1, 0.15) is 5.82 Å². The van der Waals surface area contributed by atoms with Gasteiger partial charge in [0.2, 0.25) is 0 Å². The first-order valence-electron chi connectivity index (χ1n) is 9.94. The topological polar surface area (TPSA) is 54.0 Å². The number of piperazine rings is 1. The Balaban J connectivity index is 1.45. The van der Waals surface area contributed by atoms with E-state index in [0.29, 0.717) is 57.2 Å². The fourth-order valence-electron chi connectivity index (χ4n) is 3.43. The quantitative estimate of drug-likeness (QED) is 0.774. The lowest BCUT2D eigenvalue weighted by molar-refractivity contribution is 0.194. The van der Waals surface area contributed by atoms with E-state index >= 15 is 0 Å². The maximum atomic E-state index is 13.9. The number of anilines is 1. The van der Waals surface area contributed by atoms with Crippen molar-refractivity contribution in [3.63, 3.8) is 0 Å². The van der Waals surface area contributed by atoms with E-state index in [4.69, 9.17) is 9.47 Å². The van der Waals surface area contributed by atoms with E-state index in [-0.39, 0.29) is 11.8 Å². The van der Waals surface area contributed by atoms with Gasteiger partial charge in [-0.15, -0.1) is 0 Å². The number of nitrogens with one attached hydrogen (secondary N) is 1. The molecule has 1 aliphatic rings. The van der Waals surface area contributed by atoms with Crippen LogP contribution in [-0.4, -0.2) is 57.4 Å². The highest BCUT2D eigenvalue weighted by Gasteiger charge is 2.22. The van der Waals surface area contributed by atoms with Crippen molar-refractivity contribution in [1.29, 1.82) is 0 Å². The summed E-state index contributed by atoms with van der Waals surface area (Å²) in [6.45, 7) is 5.40. The maximum Gasteiger partial charge on any atom is 0.317 e. The Morgan fingerprint density at radius 1 is 1.10 bits per heavy atom. The molecule has 7 heteroatoms. The lowest BCUT2D eigenvalue weighted by Crippen LogP contribution is -2.52. The number of para-hydroxylation sites is 1. The number of methoxy groups -OCH3 is 1. The van der Waals surface area contributed by atoms with Gasteiger partial charge in [-0.05, 0) is 43.2 Å². The summed E-state index contributed by atoms with van der Waals surface area (Å²) in [4.78, 5) is 16.2. The summed E-state index contributed by atoms with van der Waals surface area (Å²) in [5, 5.41) is 2.97. The Morgan fingerprint density at radius 2 is 1.86 bits per heavy atom. The maximum absolute atomic E-state index is 13.9. The molecule has 156 valence electrons. The van der Waals surface area contributed by atoms with Crippen molar-refractivity contribution in [2.75, 3.05) is 51.3 Å². The molecule has 1 fully saturated rings. The molecule has 0 saturated carbocycles. The third kappa shape index (κ3) is 5.31. The van der Waals surface area contributed by atoms with Gasteiger partial charge in [-0.25, -0.2) is 9.18 Å². The van der Waals surface area contributed by atoms with Crippen LogP contribution < -0.4 is 19.7 Å². The fraction of sp³-hybridized carbons (Fsp3) is 0.409. The van der Waals surface area contributed by atoms with Gasteiger partial charge in [0.25, 0.3) is 0 Å². The van der Waals surface area contributed by atoms with Crippen molar-refractivity contribution in [1.82, 2.24) is 10.2 Å². The fourth-order valence-corrected chi connectivity index (χ4v) is 3.43. The number of benzene rings is 2. The first kappa shape index (κ1) is 20.8. The molecule has 0 unspecified atom stereocenters. The summed E-state index contributed by atoms with van der Waals surface area (Å²) in [6.07, 6.45) is 0.698. The minimum Gasteiger partial charge on any atom is -0.493 e. The Labute approximate surface area is 171 Å². The molecule has 29 heavy (non-hydrogen) atoms. The minimum atomic E-state index is -0.226. The van der Waals surface area contributed by atoms with Gasteiger partial charge < -0.3 is 24.6 Å². The van der Waals surface area contributed by atoms with Crippen molar-refractivity contribution >= 4 is 11.7 Å². The summed E-state index contributed by atoms with van der Waals surface area (Å²) in [5.74, 6) is 1.19. The second-order valence-corrected chi connectivity index (χ2v) is 6.83. The molecule has 1 N–H and O–H groups in total. The number of amides is 2. The van der Waals surface area contributed by atoms with Gasteiger partial charge in [0, 0.05) is 32.7 Å². The summed E-state index contributed by atoms with van der Waals surface area (Å²) in [7, 11) is 1.62. The monoisotopic (exact) mass is 401 g/mol. The molecular formula is C22H28FN3O3. The van der Waals surface area contributed by atoms with Crippen LogP contribution in [0.2, 0.25) is 0 Å². The van der Waals surface area contributed by atoms with E-state index in [0.717, 1.165) is 11.3 Å². The van der Waals surface area contributed by atoms with Crippen molar-refractivity contribution in [3.8, 4) is 11.5 Å². The molecule has 0 radical (unpaired) electrons. The molecule has 2 aromatic carbocycles. The third-order valence-electron chi connectivity index (χ3n) is 4.98. The molecular weight excluding hydrogens is 373 g/mol. The van der Waals surface area contributed by atoms with E-state index in [1.54, 1.807) is 24.1 Å². The molecule has 0 atom stereocenters. The summed E-state index contributed by atoms with van der Waals surface area (Å²) in [5.41, 5.74) is 1.66. The summed E-state index contributed by atoms with van der Waals surface area (Å²) < 4.78 is 24.8. The van der Waals surface area contributed by atoms with Crippen LogP contribution in [-0.2, 0) is 6.42 Å².